The normalized spacial score (nSPS) is 33.0. The van der Waals surface area contributed by atoms with Gasteiger partial charge in [0.1, 0.15) is 0 Å². The molecule has 0 amide bonds. The van der Waals surface area contributed by atoms with Crippen LogP contribution in [0, 0.1) is 0 Å². The van der Waals surface area contributed by atoms with Gasteiger partial charge in [0.05, 0.1) is 4.05 Å². The lowest BCUT2D eigenvalue weighted by Gasteiger charge is -2.25. The molecule has 0 spiro atoms. The van der Waals surface area contributed by atoms with Crippen LogP contribution in [0.1, 0.15) is 19.3 Å². The Morgan fingerprint density at radius 1 is 1.38 bits per heavy atom. The van der Waals surface area contributed by atoms with Gasteiger partial charge in [0.2, 0.25) is 0 Å². The van der Waals surface area contributed by atoms with E-state index in [0.717, 1.165) is 4.05 Å². The second kappa shape index (κ2) is 3.55. The van der Waals surface area contributed by atoms with Crippen LogP contribution in [0.5, 0.6) is 0 Å². The molecule has 1 heterocycles. The first kappa shape index (κ1) is 7.53. The van der Waals surface area contributed by atoms with Gasteiger partial charge >= 0.3 is 0 Å². The van der Waals surface area contributed by atoms with Crippen molar-refractivity contribution in [2.24, 2.45) is 0 Å². The summed E-state index contributed by atoms with van der Waals surface area (Å²) in [7, 11) is 0. The molecule has 8 heavy (non-hydrogen) atoms. The summed E-state index contributed by atoms with van der Waals surface area (Å²) in [5.41, 5.74) is 0. The first-order valence-electron chi connectivity index (χ1n) is 2.87. The molecule has 1 fully saturated rings. The van der Waals surface area contributed by atoms with Crippen molar-refractivity contribution in [3.63, 3.8) is 0 Å². The van der Waals surface area contributed by atoms with E-state index in [9.17, 15) is 0 Å². The van der Waals surface area contributed by atoms with Gasteiger partial charge in [-0.05, 0) is 19.3 Å². The highest BCUT2D eigenvalue weighted by Gasteiger charge is 2.15. The summed E-state index contributed by atoms with van der Waals surface area (Å²) in [6, 6.07) is 0. The highest BCUT2D eigenvalue weighted by atomic mass is 127. The minimum Gasteiger partial charge on any atom is -0.235 e. The van der Waals surface area contributed by atoms with Crippen LogP contribution in [0.2, 0.25) is 0 Å². The Labute approximate surface area is 77.8 Å². The third kappa shape index (κ3) is 1.98. The molecule has 1 unspecified atom stereocenters. The molecule has 1 aliphatic rings. The molecular formula is C5H9I2N. The lowest BCUT2D eigenvalue weighted by atomic mass is 10.2. The number of piperidine rings is 1. The highest BCUT2D eigenvalue weighted by Crippen LogP contribution is 2.24. The zero-order valence-electron chi connectivity index (χ0n) is 4.61. The molecule has 0 aromatic carbocycles. The maximum Gasteiger partial charge on any atom is 0.0709 e. The van der Waals surface area contributed by atoms with Gasteiger partial charge in [-0.15, -0.1) is 0 Å². The fourth-order valence-corrected chi connectivity index (χ4v) is 2.19. The minimum absolute atomic E-state index is 0.793. The van der Waals surface area contributed by atoms with Gasteiger partial charge in [-0.2, -0.15) is 0 Å². The number of hydrogen-bond donors (Lipinski definition) is 0. The van der Waals surface area contributed by atoms with Crippen molar-refractivity contribution in [2.75, 3.05) is 6.54 Å². The van der Waals surface area contributed by atoms with Gasteiger partial charge in [-0.3, -0.25) is 0 Å². The van der Waals surface area contributed by atoms with E-state index >= 15 is 0 Å². The molecule has 1 aliphatic heterocycles. The predicted octanol–water partition coefficient (Wildman–Crippen LogP) is 2.58. The van der Waals surface area contributed by atoms with Crippen LogP contribution < -0.4 is 0 Å². The Morgan fingerprint density at radius 2 is 2.12 bits per heavy atom. The molecule has 0 bridgehead atoms. The second-order valence-electron chi connectivity index (χ2n) is 2.05. The molecule has 48 valence electrons. The van der Waals surface area contributed by atoms with Gasteiger partial charge in [-0.25, -0.2) is 3.11 Å². The van der Waals surface area contributed by atoms with Crippen LogP contribution in [0.15, 0.2) is 0 Å². The van der Waals surface area contributed by atoms with Crippen LogP contribution >= 0.6 is 45.5 Å². The SMILES string of the molecule is IC1CCCCN1I. The first-order chi connectivity index (χ1) is 3.80. The number of halogens is 2. The summed E-state index contributed by atoms with van der Waals surface area (Å²) < 4.78 is 3.18. The van der Waals surface area contributed by atoms with Crippen molar-refractivity contribution in [2.45, 2.75) is 23.3 Å². The van der Waals surface area contributed by atoms with Crippen molar-refractivity contribution in [3.05, 3.63) is 0 Å². The molecular weight excluding hydrogens is 328 g/mol. The minimum atomic E-state index is 0.793. The van der Waals surface area contributed by atoms with Crippen LogP contribution in [-0.4, -0.2) is 13.7 Å². The third-order valence-electron chi connectivity index (χ3n) is 1.37. The summed E-state index contributed by atoms with van der Waals surface area (Å²) in [6.07, 6.45) is 4.19. The van der Waals surface area contributed by atoms with Crippen LogP contribution in [0.4, 0.5) is 0 Å². The quantitative estimate of drug-likeness (QED) is 0.284. The van der Waals surface area contributed by atoms with Crippen LogP contribution in [0.3, 0.4) is 0 Å². The fraction of sp³-hybridized carbons (Fsp3) is 1.00. The highest BCUT2D eigenvalue weighted by molar-refractivity contribution is 14.1. The molecule has 1 saturated heterocycles. The Balaban J connectivity index is 2.28. The van der Waals surface area contributed by atoms with Crippen LogP contribution in [0.25, 0.3) is 0 Å². The van der Waals surface area contributed by atoms with Gasteiger partial charge in [0.25, 0.3) is 0 Å². The van der Waals surface area contributed by atoms with Crippen molar-refractivity contribution >= 4 is 45.5 Å². The third-order valence-corrected chi connectivity index (χ3v) is 4.88. The summed E-state index contributed by atoms with van der Waals surface area (Å²) in [5, 5.41) is 0. The molecule has 0 radical (unpaired) electrons. The molecule has 1 nitrogen and oxygen atoms in total. The maximum atomic E-state index is 2.50. The molecule has 0 aromatic rings. The van der Waals surface area contributed by atoms with E-state index in [-0.39, 0.29) is 0 Å². The Hall–Kier alpha value is 1.42. The lowest BCUT2D eigenvalue weighted by Crippen LogP contribution is -2.25. The van der Waals surface area contributed by atoms with E-state index in [1.54, 1.807) is 0 Å². The lowest BCUT2D eigenvalue weighted by molar-refractivity contribution is 0.392. The standard InChI is InChI=1S/C5H9I2N/c6-5-3-1-2-4-8(5)7/h5H,1-4H2. The van der Waals surface area contributed by atoms with E-state index in [2.05, 4.69) is 48.6 Å². The summed E-state index contributed by atoms with van der Waals surface area (Å²) in [5.74, 6) is 0. The summed E-state index contributed by atoms with van der Waals surface area (Å²) >= 11 is 4.91. The molecule has 0 saturated carbocycles. The largest absolute Gasteiger partial charge is 0.235 e. The zero-order valence-corrected chi connectivity index (χ0v) is 8.92. The average molecular weight is 337 g/mol. The Bertz CT molecular complexity index is 66.8. The fourth-order valence-electron chi connectivity index (χ4n) is 0.856. The molecule has 0 N–H and O–H groups in total. The predicted molar refractivity (Wildman–Crippen MR) is 52.4 cm³/mol. The van der Waals surface area contributed by atoms with Crippen molar-refractivity contribution in [3.8, 4) is 0 Å². The van der Waals surface area contributed by atoms with E-state index in [0.29, 0.717) is 0 Å². The number of hydrogen-bond acceptors (Lipinski definition) is 1. The van der Waals surface area contributed by atoms with Crippen molar-refractivity contribution in [1.82, 2.24) is 3.11 Å². The molecule has 1 atom stereocenters. The first-order valence-corrected chi connectivity index (χ1v) is 5.08. The summed E-state index contributed by atoms with van der Waals surface area (Å²) in [4.78, 5) is 0. The van der Waals surface area contributed by atoms with E-state index in [1.165, 1.54) is 25.8 Å². The number of alkyl halides is 1. The van der Waals surface area contributed by atoms with Gasteiger partial charge in [0.15, 0.2) is 0 Å². The van der Waals surface area contributed by atoms with E-state index in [4.69, 9.17) is 0 Å². The maximum absolute atomic E-state index is 2.50. The molecule has 0 aliphatic carbocycles. The molecule has 1 rings (SSSR count). The monoisotopic (exact) mass is 337 g/mol. The van der Waals surface area contributed by atoms with Gasteiger partial charge in [0, 0.05) is 29.4 Å². The smallest absolute Gasteiger partial charge is 0.0709 e. The zero-order chi connectivity index (χ0) is 5.98. The van der Waals surface area contributed by atoms with E-state index < -0.39 is 0 Å². The number of rotatable bonds is 0. The van der Waals surface area contributed by atoms with Crippen molar-refractivity contribution < 1.29 is 0 Å². The van der Waals surface area contributed by atoms with Gasteiger partial charge < -0.3 is 0 Å². The Kier molecular flexibility index (Phi) is 3.34. The topological polar surface area (TPSA) is 3.24 Å². The van der Waals surface area contributed by atoms with Gasteiger partial charge in [-0.1, -0.05) is 22.6 Å². The van der Waals surface area contributed by atoms with E-state index in [1.807, 2.05) is 0 Å². The molecule has 3 heteroatoms. The second-order valence-corrected chi connectivity index (χ2v) is 4.73. The Morgan fingerprint density at radius 3 is 2.50 bits per heavy atom. The number of nitrogens with zero attached hydrogens (tertiary/aromatic N) is 1. The van der Waals surface area contributed by atoms with Crippen LogP contribution in [-0.2, 0) is 0 Å². The molecule has 0 aromatic heterocycles. The average Bonchev–Trinajstić information content (AvgIpc) is 1.77. The van der Waals surface area contributed by atoms with Crippen molar-refractivity contribution in [1.29, 1.82) is 0 Å². The summed E-state index contributed by atoms with van der Waals surface area (Å²) in [6.45, 7) is 1.29.